The molecule has 3 heterocycles. The quantitative estimate of drug-likeness (QED) is 0.208. The van der Waals surface area contributed by atoms with Crippen molar-refractivity contribution < 1.29 is 0 Å². The summed E-state index contributed by atoms with van der Waals surface area (Å²) in [5.74, 6) is 0. The zero-order chi connectivity index (χ0) is 26.9. The van der Waals surface area contributed by atoms with Gasteiger partial charge in [0, 0.05) is 49.3 Å². The van der Waals surface area contributed by atoms with Crippen molar-refractivity contribution in [3.63, 3.8) is 0 Å². The maximum absolute atomic E-state index is 4.92. The van der Waals surface area contributed by atoms with Gasteiger partial charge in [0.15, 0.2) is 0 Å². The molecule has 0 fully saturated rings. The van der Waals surface area contributed by atoms with Crippen LogP contribution in [0.1, 0.15) is 0 Å². The summed E-state index contributed by atoms with van der Waals surface area (Å²) >= 11 is 1.88. The first-order chi connectivity index (χ1) is 20.4. The molecule has 0 amide bonds. The molecule has 0 radical (unpaired) electrons. The van der Waals surface area contributed by atoms with Crippen molar-refractivity contribution in [3.8, 4) is 55.6 Å². The predicted octanol–water partition coefficient (Wildman–Crippen LogP) is 10.6. The number of fused-ring (bicyclic) bond motifs is 13. The molecule has 0 spiro atoms. The molecule has 0 N–H and O–H groups in total. The lowest BCUT2D eigenvalue weighted by Crippen LogP contribution is -2.01. The average Bonchev–Trinajstić information content (AvgIpc) is 3.42. The zero-order valence-corrected chi connectivity index (χ0v) is 22.8. The lowest BCUT2D eigenvalue weighted by Gasteiger charge is -2.25. The third-order valence-corrected chi connectivity index (χ3v) is 9.58. The van der Waals surface area contributed by atoms with E-state index in [0.717, 1.165) is 22.2 Å². The number of nitrogens with zero attached hydrogens (tertiary/aromatic N) is 2. The van der Waals surface area contributed by atoms with Crippen LogP contribution >= 0.6 is 11.3 Å². The largest absolute Gasteiger partial charge is 0.254 e. The number of aromatic nitrogens is 2. The first-order valence-corrected chi connectivity index (χ1v) is 14.7. The molecule has 9 rings (SSSR count). The SMILES string of the molecule is c1ccc2c(c1)-c1ccccc1-c1c(cnc3cccnc13)-c1cccc(-c3cccc4c3sc3ccccc34)c1-2. The molecule has 41 heavy (non-hydrogen) atoms. The first kappa shape index (κ1) is 22.7. The number of benzene rings is 5. The minimum absolute atomic E-state index is 0.905. The van der Waals surface area contributed by atoms with Crippen molar-refractivity contribution in [2.24, 2.45) is 0 Å². The first-order valence-electron chi connectivity index (χ1n) is 13.8. The van der Waals surface area contributed by atoms with Gasteiger partial charge in [-0.3, -0.25) is 9.97 Å². The lowest BCUT2D eigenvalue weighted by molar-refractivity contribution is 1.33. The van der Waals surface area contributed by atoms with Crippen molar-refractivity contribution in [1.82, 2.24) is 9.97 Å². The van der Waals surface area contributed by atoms with Gasteiger partial charge in [-0.25, -0.2) is 0 Å². The smallest absolute Gasteiger partial charge is 0.0971 e. The predicted molar refractivity (Wildman–Crippen MR) is 173 cm³/mol. The number of pyridine rings is 2. The molecule has 3 heteroatoms. The van der Waals surface area contributed by atoms with Crippen LogP contribution in [0, 0.1) is 0 Å². The van der Waals surface area contributed by atoms with Gasteiger partial charge in [0.05, 0.1) is 11.0 Å². The zero-order valence-electron chi connectivity index (χ0n) is 22.0. The van der Waals surface area contributed by atoms with Crippen molar-refractivity contribution in [2.45, 2.75) is 0 Å². The van der Waals surface area contributed by atoms with E-state index in [9.17, 15) is 0 Å². The monoisotopic (exact) mass is 538 g/mol. The van der Waals surface area contributed by atoms with E-state index in [-0.39, 0.29) is 0 Å². The summed E-state index contributed by atoms with van der Waals surface area (Å²) in [6.07, 6.45) is 3.92. The van der Waals surface area contributed by atoms with Crippen molar-refractivity contribution >= 4 is 42.5 Å². The highest BCUT2D eigenvalue weighted by Crippen LogP contribution is 2.52. The molecule has 0 aliphatic heterocycles. The molecule has 0 saturated heterocycles. The summed E-state index contributed by atoms with van der Waals surface area (Å²) in [7, 11) is 0. The van der Waals surface area contributed by atoms with E-state index >= 15 is 0 Å². The Morgan fingerprint density at radius 3 is 1.85 bits per heavy atom. The van der Waals surface area contributed by atoms with E-state index in [1.165, 1.54) is 64.7 Å². The van der Waals surface area contributed by atoms with E-state index in [2.05, 4.69) is 115 Å². The molecule has 1 aliphatic rings. The lowest BCUT2D eigenvalue weighted by atomic mass is 9.78. The van der Waals surface area contributed by atoms with Crippen LogP contribution in [-0.4, -0.2) is 9.97 Å². The average molecular weight is 539 g/mol. The van der Waals surface area contributed by atoms with Gasteiger partial charge in [-0.1, -0.05) is 103 Å². The standard InChI is InChI=1S/C38H22N2S/c1-3-13-26-23(10-1)24-11-2-4-14-27(24)36-32(22-40-33-19-9-21-39-37(33)36)29-16-7-15-28(35(26)29)31-18-8-17-30-25-12-5-6-20-34(25)41-38(30)31/h1-22H. The molecule has 5 aromatic carbocycles. The van der Waals surface area contributed by atoms with Crippen LogP contribution in [0.3, 0.4) is 0 Å². The third-order valence-electron chi connectivity index (χ3n) is 8.36. The van der Waals surface area contributed by atoms with Crippen LogP contribution in [0.5, 0.6) is 0 Å². The van der Waals surface area contributed by atoms with Gasteiger partial charge in [0.1, 0.15) is 0 Å². The fraction of sp³-hybridized carbons (Fsp3) is 0. The van der Waals surface area contributed by atoms with Crippen molar-refractivity contribution in [2.75, 3.05) is 0 Å². The summed E-state index contributed by atoms with van der Waals surface area (Å²) in [6, 6.07) is 43.8. The molecule has 190 valence electrons. The van der Waals surface area contributed by atoms with Gasteiger partial charge in [-0.15, -0.1) is 11.3 Å². The minimum Gasteiger partial charge on any atom is -0.254 e. The van der Waals surface area contributed by atoms with Crippen LogP contribution in [0.2, 0.25) is 0 Å². The van der Waals surface area contributed by atoms with Crippen LogP contribution in [0.4, 0.5) is 0 Å². The molecule has 0 unspecified atom stereocenters. The maximum Gasteiger partial charge on any atom is 0.0971 e. The van der Waals surface area contributed by atoms with Gasteiger partial charge in [-0.05, 0) is 57.1 Å². The fourth-order valence-corrected chi connectivity index (χ4v) is 7.85. The highest BCUT2D eigenvalue weighted by Gasteiger charge is 2.26. The van der Waals surface area contributed by atoms with Gasteiger partial charge in [0.25, 0.3) is 0 Å². The Bertz CT molecular complexity index is 2330. The van der Waals surface area contributed by atoms with Gasteiger partial charge in [0.2, 0.25) is 0 Å². The van der Waals surface area contributed by atoms with Crippen LogP contribution < -0.4 is 0 Å². The Labute approximate surface area is 241 Å². The number of hydrogen-bond acceptors (Lipinski definition) is 3. The highest BCUT2D eigenvalue weighted by atomic mass is 32.1. The number of rotatable bonds is 1. The Morgan fingerprint density at radius 1 is 0.415 bits per heavy atom. The molecule has 3 aromatic heterocycles. The van der Waals surface area contributed by atoms with E-state index in [4.69, 9.17) is 9.97 Å². The van der Waals surface area contributed by atoms with E-state index in [1.54, 1.807) is 0 Å². The van der Waals surface area contributed by atoms with Crippen molar-refractivity contribution in [3.05, 3.63) is 134 Å². The normalized spacial score (nSPS) is 11.9. The fourth-order valence-electron chi connectivity index (χ4n) is 6.62. The number of hydrogen-bond donors (Lipinski definition) is 0. The maximum atomic E-state index is 4.92. The number of thiophene rings is 1. The summed E-state index contributed by atoms with van der Waals surface area (Å²) in [4.78, 5) is 9.79. The second-order valence-corrected chi connectivity index (χ2v) is 11.6. The minimum atomic E-state index is 0.905. The molecular weight excluding hydrogens is 516 g/mol. The summed E-state index contributed by atoms with van der Waals surface area (Å²) in [5.41, 5.74) is 13.9. The molecule has 0 saturated carbocycles. The van der Waals surface area contributed by atoms with Gasteiger partial charge < -0.3 is 0 Å². The Morgan fingerprint density at radius 2 is 1.02 bits per heavy atom. The summed E-state index contributed by atoms with van der Waals surface area (Å²) < 4.78 is 2.63. The summed E-state index contributed by atoms with van der Waals surface area (Å²) in [5, 5.41) is 2.62. The molecule has 8 aromatic rings. The highest BCUT2D eigenvalue weighted by molar-refractivity contribution is 7.26. The second kappa shape index (κ2) is 8.69. The van der Waals surface area contributed by atoms with Gasteiger partial charge in [-0.2, -0.15) is 0 Å². The van der Waals surface area contributed by atoms with Crippen LogP contribution in [0.25, 0.3) is 86.8 Å². The van der Waals surface area contributed by atoms with Crippen LogP contribution in [-0.2, 0) is 0 Å². The second-order valence-electron chi connectivity index (χ2n) is 10.5. The molecule has 0 atom stereocenters. The Hall–Kier alpha value is -5.12. The molecule has 2 nitrogen and oxygen atoms in total. The van der Waals surface area contributed by atoms with Crippen molar-refractivity contribution in [1.29, 1.82) is 0 Å². The van der Waals surface area contributed by atoms with Gasteiger partial charge >= 0.3 is 0 Å². The third kappa shape index (κ3) is 3.24. The molecular formula is C38H22N2S. The topological polar surface area (TPSA) is 25.8 Å². The van der Waals surface area contributed by atoms with E-state index in [0.29, 0.717) is 0 Å². The Balaban J connectivity index is 1.47. The molecule has 1 aliphatic carbocycles. The van der Waals surface area contributed by atoms with E-state index in [1.807, 2.05) is 29.8 Å². The summed E-state index contributed by atoms with van der Waals surface area (Å²) in [6.45, 7) is 0. The molecule has 0 bridgehead atoms. The van der Waals surface area contributed by atoms with Crippen LogP contribution in [0.15, 0.2) is 134 Å². The van der Waals surface area contributed by atoms with E-state index < -0.39 is 0 Å². The Kier molecular flexibility index (Phi) is 4.80.